The molecule has 0 aliphatic rings. The molecule has 0 bridgehead atoms. The van der Waals surface area contributed by atoms with E-state index in [1.54, 1.807) is 24.3 Å². The van der Waals surface area contributed by atoms with Gasteiger partial charge in [0.15, 0.2) is 0 Å². The summed E-state index contributed by atoms with van der Waals surface area (Å²) in [5.41, 5.74) is 0.401. The Kier molecular flexibility index (Phi) is 7.57. The van der Waals surface area contributed by atoms with E-state index < -0.39 is 25.8 Å². The molecule has 34 heavy (non-hydrogen) atoms. The van der Waals surface area contributed by atoms with E-state index in [1.165, 1.54) is 30.3 Å². The van der Waals surface area contributed by atoms with Crippen LogP contribution >= 0.6 is 23.1 Å². The number of nitriles is 1. The lowest BCUT2D eigenvalue weighted by Crippen LogP contribution is -2.13. The number of para-hydroxylation sites is 1. The average Bonchev–Trinajstić information content (AvgIpc) is 3.26. The van der Waals surface area contributed by atoms with Crippen molar-refractivity contribution in [3.05, 3.63) is 74.3 Å². The van der Waals surface area contributed by atoms with E-state index in [9.17, 15) is 28.6 Å². The summed E-state index contributed by atoms with van der Waals surface area (Å²) in [6.07, 6.45) is 2.20. The second-order valence-corrected chi connectivity index (χ2v) is 9.71. The SMILES string of the molecule is CS(=O)(=O)c1nsc(NC(=O)/C(C#N)=C\c2ccc(OCc3ccccc3[N+](=O)[O-])c(Cl)c2)n1. The molecule has 14 heteroatoms. The molecule has 0 saturated heterocycles. The third-order valence-electron chi connectivity index (χ3n) is 4.16. The van der Waals surface area contributed by atoms with Crippen molar-refractivity contribution in [2.75, 3.05) is 11.6 Å². The zero-order chi connectivity index (χ0) is 24.9. The summed E-state index contributed by atoms with van der Waals surface area (Å²) in [5.74, 6) is -0.561. The maximum Gasteiger partial charge on any atom is 0.276 e. The quantitative estimate of drug-likeness (QED) is 0.202. The number of sulfone groups is 1. The highest BCUT2D eigenvalue weighted by atomic mass is 35.5. The van der Waals surface area contributed by atoms with E-state index in [4.69, 9.17) is 16.3 Å². The molecule has 3 aromatic rings. The van der Waals surface area contributed by atoms with E-state index in [0.29, 0.717) is 22.7 Å². The topological polar surface area (TPSA) is 165 Å². The molecular weight excluding hydrogens is 506 g/mol. The summed E-state index contributed by atoms with van der Waals surface area (Å²) in [5, 5.41) is 22.4. The Hall–Kier alpha value is -3.86. The van der Waals surface area contributed by atoms with Gasteiger partial charge in [-0.1, -0.05) is 29.8 Å². The van der Waals surface area contributed by atoms with E-state index in [0.717, 1.165) is 6.26 Å². The van der Waals surface area contributed by atoms with Crippen molar-refractivity contribution in [3.8, 4) is 11.8 Å². The van der Waals surface area contributed by atoms with Crippen LogP contribution in [0.2, 0.25) is 5.02 Å². The van der Waals surface area contributed by atoms with Gasteiger partial charge in [0.2, 0.25) is 15.0 Å². The number of halogens is 1. The van der Waals surface area contributed by atoms with E-state index in [2.05, 4.69) is 14.7 Å². The van der Waals surface area contributed by atoms with Crippen LogP contribution in [-0.2, 0) is 21.2 Å². The molecule has 0 fully saturated rings. The number of ether oxygens (including phenoxy) is 1. The Balaban J connectivity index is 1.73. The third kappa shape index (κ3) is 6.13. The molecule has 0 aliphatic heterocycles. The second kappa shape index (κ2) is 10.4. The lowest BCUT2D eigenvalue weighted by atomic mass is 10.1. The molecule has 11 nitrogen and oxygen atoms in total. The number of amides is 1. The van der Waals surface area contributed by atoms with Crippen molar-refractivity contribution in [2.24, 2.45) is 0 Å². The summed E-state index contributed by atoms with van der Waals surface area (Å²) in [7, 11) is -3.63. The molecule has 0 spiro atoms. The standard InChI is InChI=1S/C20H14ClN5O6S2/c1-34(30,31)20-24-19(33-25-20)23-18(27)14(10-22)8-12-6-7-17(15(21)9-12)32-11-13-4-2-3-5-16(13)26(28)29/h2-9H,11H2,1H3,(H,23,24,25,27)/b14-8-. The maximum atomic E-state index is 12.4. The smallest absolute Gasteiger partial charge is 0.276 e. The number of nitrogens with one attached hydrogen (secondary N) is 1. The molecule has 0 atom stereocenters. The number of aromatic nitrogens is 2. The second-order valence-electron chi connectivity index (χ2n) is 6.64. The molecule has 1 N–H and O–H groups in total. The van der Waals surface area contributed by atoms with Crippen LogP contribution in [0.5, 0.6) is 5.75 Å². The first-order chi connectivity index (χ1) is 16.1. The van der Waals surface area contributed by atoms with Crippen molar-refractivity contribution in [1.82, 2.24) is 9.36 Å². The van der Waals surface area contributed by atoms with Gasteiger partial charge >= 0.3 is 0 Å². The van der Waals surface area contributed by atoms with E-state index in [-0.39, 0.29) is 33.8 Å². The Morgan fingerprint density at radius 1 is 1.35 bits per heavy atom. The van der Waals surface area contributed by atoms with Crippen LogP contribution in [0.15, 0.2) is 53.2 Å². The zero-order valence-electron chi connectivity index (χ0n) is 17.3. The Bertz CT molecular complexity index is 1450. The maximum absolute atomic E-state index is 12.4. The summed E-state index contributed by atoms with van der Waals surface area (Å²) in [4.78, 5) is 26.7. The lowest BCUT2D eigenvalue weighted by Gasteiger charge is -2.09. The van der Waals surface area contributed by atoms with E-state index in [1.807, 2.05) is 0 Å². The molecule has 0 saturated carbocycles. The first-order valence-corrected chi connectivity index (χ1v) is 12.2. The number of carbonyl (C=O) groups excluding carboxylic acids is 1. The van der Waals surface area contributed by atoms with Gasteiger partial charge in [-0.15, -0.1) is 0 Å². The molecule has 0 aliphatic carbocycles. The first-order valence-electron chi connectivity index (χ1n) is 9.20. The third-order valence-corrected chi connectivity index (χ3v) is 6.05. The Morgan fingerprint density at radius 2 is 2.09 bits per heavy atom. The van der Waals surface area contributed by atoms with Crippen LogP contribution < -0.4 is 10.1 Å². The highest BCUT2D eigenvalue weighted by Crippen LogP contribution is 2.28. The minimum Gasteiger partial charge on any atom is -0.487 e. The van der Waals surface area contributed by atoms with Gasteiger partial charge in [0.25, 0.3) is 16.8 Å². The monoisotopic (exact) mass is 519 g/mol. The van der Waals surface area contributed by atoms with Gasteiger partial charge in [-0.2, -0.15) is 14.6 Å². The molecular formula is C20H14ClN5O6S2. The minimum atomic E-state index is -3.63. The fourth-order valence-corrected chi connectivity index (χ4v) is 4.26. The molecule has 1 aromatic heterocycles. The Morgan fingerprint density at radius 3 is 2.71 bits per heavy atom. The molecule has 3 rings (SSSR count). The highest BCUT2D eigenvalue weighted by molar-refractivity contribution is 7.90. The summed E-state index contributed by atoms with van der Waals surface area (Å²) < 4.78 is 32.1. The first kappa shape index (κ1) is 24.8. The van der Waals surface area contributed by atoms with Crippen molar-refractivity contribution in [1.29, 1.82) is 5.26 Å². The number of nitro groups is 1. The van der Waals surface area contributed by atoms with Gasteiger partial charge in [-0.3, -0.25) is 20.2 Å². The van der Waals surface area contributed by atoms with Gasteiger partial charge in [0.05, 0.1) is 15.5 Å². The molecule has 174 valence electrons. The van der Waals surface area contributed by atoms with Crippen LogP contribution in [0.3, 0.4) is 0 Å². The zero-order valence-corrected chi connectivity index (χ0v) is 19.6. The molecule has 0 radical (unpaired) electrons. The molecule has 0 unspecified atom stereocenters. The number of carbonyl (C=O) groups is 1. The minimum absolute atomic E-state index is 0.0802. The van der Waals surface area contributed by atoms with Gasteiger partial charge in [0, 0.05) is 23.9 Å². The largest absolute Gasteiger partial charge is 0.487 e. The fourth-order valence-electron chi connectivity index (χ4n) is 2.58. The number of hydrogen-bond acceptors (Lipinski definition) is 10. The van der Waals surface area contributed by atoms with Crippen LogP contribution in [0.4, 0.5) is 10.8 Å². The number of rotatable bonds is 8. The van der Waals surface area contributed by atoms with E-state index >= 15 is 0 Å². The molecule has 1 amide bonds. The average molecular weight is 520 g/mol. The highest BCUT2D eigenvalue weighted by Gasteiger charge is 2.18. The van der Waals surface area contributed by atoms with Gasteiger partial charge in [-0.05, 0) is 29.8 Å². The number of nitro benzene ring substituents is 1. The fraction of sp³-hybridized carbons (Fsp3) is 0.100. The number of nitrogens with zero attached hydrogens (tertiary/aromatic N) is 4. The summed E-state index contributed by atoms with van der Waals surface area (Å²) >= 11 is 6.90. The lowest BCUT2D eigenvalue weighted by molar-refractivity contribution is -0.385. The summed E-state index contributed by atoms with van der Waals surface area (Å²) in [6, 6.07) is 12.4. The predicted octanol–water partition coefficient (Wildman–Crippen LogP) is 3.63. The summed E-state index contributed by atoms with van der Waals surface area (Å²) in [6.45, 7) is -0.0881. The van der Waals surface area contributed by atoms with Gasteiger partial charge in [0.1, 0.15) is 24.0 Å². The Labute approximate surface area is 202 Å². The van der Waals surface area contributed by atoms with Gasteiger partial charge < -0.3 is 4.74 Å². The number of benzene rings is 2. The van der Waals surface area contributed by atoms with Crippen molar-refractivity contribution in [3.63, 3.8) is 0 Å². The van der Waals surface area contributed by atoms with Crippen LogP contribution in [0.25, 0.3) is 6.08 Å². The van der Waals surface area contributed by atoms with Crippen molar-refractivity contribution in [2.45, 2.75) is 11.8 Å². The van der Waals surface area contributed by atoms with Crippen LogP contribution in [-0.4, -0.2) is 34.9 Å². The van der Waals surface area contributed by atoms with Crippen molar-refractivity contribution >= 4 is 55.8 Å². The van der Waals surface area contributed by atoms with Gasteiger partial charge in [-0.25, -0.2) is 8.42 Å². The normalized spacial score (nSPS) is 11.5. The van der Waals surface area contributed by atoms with Crippen LogP contribution in [0, 0.1) is 21.4 Å². The number of hydrogen-bond donors (Lipinski definition) is 1. The molecule has 1 heterocycles. The van der Waals surface area contributed by atoms with Crippen molar-refractivity contribution < 1.29 is 22.9 Å². The predicted molar refractivity (Wildman–Crippen MR) is 124 cm³/mol. The molecule has 2 aromatic carbocycles. The number of anilines is 1. The van der Waals surface area contributed by atoms with Crippen LogP contribution in [0.1, 0.15) is 11.1 Å².